The van der Waals surface area contributed by atoms with Crippen LogP contribution >= 0.6 is 0 Å². The predicted molar refractivity (Wildman–Crippen MR) is 71.2 cm³/mol. The number of anilines is 1. The molecule has 0 radical (unpaired) electrons. The number of carboxylic acid groups (broad SMARTS) is 2. The highest BCUT2D eigenvalue weighted by Gasteiger charge is 2.27. The zero-order valence-corrected chi connectivity index (χ0v) is 10.9. The number of nitrogen functional groups attached to an aromatic ring is 1. The van der Waals surface area contributed by atoms with Crippen molar-refractivity contribution in [1.29, 1.82) is 0 Å². The van der Waals surface area contributed by atoms with Crippen LogP contribution in [-0.2, 0) is 9.59 Å². The summed E-state index contributed by atoms with van der Waals surface area (Å²) in [5.74, 6) is -2.84. The third-order valence-corrected chi connectivity index (χ3v) is 2.86. The van der Waals surface area contributed by atoms with Crippen LogP contribution in [0.3, 0.4) is 0 Å². The molecule has 0 saturated heterocycles. The summed E-state index contributed by atoms with van der Waals surface area (Å²) in [6.45, 7) is 0. The fourth-order valence-corrected chi connectivity index (χ4v) is 1.71. The lowest BCUT2D eigenvalue weighted by atomic mass is 10.1. The highest BCUT2D eigenvalue weighted by molar-refractivity contribution is 5.96. The van der Waals surface area contributed by atoms with Crippen LogP contribution in [0.4, 0.5) is 5.69 Å². The fraction of sp³-hybridized carbons (Fsp3) is 0.308. The number of nitrogens with two attached hydrogens (primary N) is 1. The van der Waals surface area contributed by atoms with Gasteiger partial charge in [-0.3, -0.25) is 9.59 Å². The lowest BCUT2D eigenvalue weighted by molar-refractivity contribution is -0.143. The molecule has 4 N–H and O–H groups in total. The monoisotopic (exact) mass is 280 g/mol. The summed E-state index contributed by atoms with van der Waals surface area (Å²) in [5.41, 5.74) is 6.29. The van der Waals surface area contributed by atoms with Gasteiger partial charge in [0.05, 0.1) is 0 Å². The molecule has 0 aliphatic heterocycles. The number of likely N-dealkylation sites (N-methyl/N-ethyl adjacent to an activating group) is 1. The number of hydrogen-bond acceptors (Lipinski definition) is 4. The predicted octanol–water partition coefficient (Wildman–Crippen LogP) is 0.659. The van der Waals surface area contributed by atoms with E-state index in [0.717, 1.165) is 4.90 Å². The number of carbonyl (C=O) groups excluding carboxylic acids is 1. The smallest absolute Gasteiger partial charge is 0.326 e. The second-order valence-electron chi connectivity index (χ2n) is 4.32. The van der Waals surface area contributed by atoms with Crippen molar-refractivity contribution < 1.29 is 24.6 Å². The zero-order chi connectivity index (χ0) is 15.3. The summed E-state index contributed by atoms with van der Waals surface area (Å²) in [6.07, 6.45) is -0.474. The van der Waals surface area contributed by atoms with E-state index in [2.05, 4.69) is 0 Å². The maximum absolute atomic E-state index is 12.1. The summed E-state index contributed by atoms with van der Waals surface area (Å²) in [4.78, 5) is 34.8. The number of carboxylic acids is 2. The van der Waals surface area contributed by atoms with Crippen LogP contribution < -0.4 is 5.73 Å². The Kier molecular flexibility index (Phi) is 5.08. The molecule has 108 valence electrons. The topological polar surface area (TPSA) is 121 Å². The molecule has 0 fully saturated rings. The SMILES string of the molecule is CN(C(=O)c1ccc(N)cc1)C(CCC(=O)O)C(=O)O. The summed E-state index contributed by atoms with van der Waals surface area (Å²) < 4.78 is 0. The van der Waals surface area contributed by atoms with Crippen LogP contribution in [0.2, 0.25) is 0 Å². The van der Waals surface area contributed by atoms with Crippen LogP contribution in [0, 0.1) is 0 Å². The van der Waals surface area contributed by atoms with Gasteiger partial charge >= 0.3 is 11.9 Å². The van der Waals surface area contributed by atoms with Gasteiger partial charge in [-0.1, -0.05) is 0 Å². The largest absolute Gasteiger partial charge is 0.481 e. The molecular weight excluding hydrogens is 264 g/mol. The summed E-state index contributed by atoms with van der Waals surface area (Å²) >= 11 is 0. The van der Waals surface area contributed by atoms with Crippen molar-refractivity contribution in [3.05, 3.63) is 29.8 Å². The molecule has 1 aromatic carbocycles. The van der Waals surface area contributed by atoms with E-state index >= 15 is 0 Å². The first-order chi connectivity index (χ1) is 9.32. The van der Waals surface area contributed by atoms with E-state index in [1.54, 1.807) is 0 Å². The quantitative estimate of drug-likeness (QED) is 0.658. The summed E-state index contributed by atoms with van der Waals surface area (Å²) in [6, 6.07) is 4.87. The van der Waals surface area contributed by atoms with Gasteiger partial charge in [0.15, 0.2) is 0 Å². The number of nitrogens with zero attached hydrogens (tertiary/aromatic N) is 1. The van der Waals surface area contributed by atoms with Crippen molar-refractivity contribution >= 4 is 23.5 Å². The van der Waals surface area contributed by atoms with E-state index in [0.29, 0.717) is 11.3 Å². The van der Waals surface area contributed by atoms with Gasteiger partial charge in [-0.25, -0.2) is 4.79 Å². The molecule has 1 aromatic rings. The van der Waals surface area contributed by atoms with E-state index in [-0.39, 0.29) is 12.8 Å². The molecule has 0 heterocycles. The molecule has 7 nitrogen and oxygen atoms in total. The van der Waals surface area contributed by atoms with Crippen LogP contribution in [0.15, 0.2) is 24.3 Å². The van der Waals surface area contributed by atoms with E-state index in [9.17, 15) is 14.4 Å². The number of carbonyl (C=O) groups is 3. The van der Waals surface area contributed by atoms with Crippen molar-refractivity contribution in [3.8, 4) is 0 Å². The normalized spacial score (nSPS) is 11.7. The van der Waals surface area contributed by atoms with E-state index in [4.69, 9.17) is 15.9 Å². The van der Waals surface area contributed by atoms with Crippen LogP contribution in [0.5, 0.6) is 0 Å². The van der Waals surface area contributed by atoms with Crippen molar-refractivity contribution in [3.63, 3.8) is 0 Å². The third kappa shape index (κ3) is 3.98. The zero-order valence-electron chi connectivity index (χ0n) is 10.9. The Morgan fingerprint density at radius 3 is 2.20 bits per heavy atom. The third-order valence-electron chi connectivity index (χ3n) is 2.86. The molecule has 1 unspecified atom stereocenters. The number of amides is 1. The van der Waals surface area contributed by atoms with E-state index < -0.39 is 23.9 Å². The van der Waals surface area contributed by atoms with Crippen molar-refractivity contribution in [2.75, 3.05) is 12.8 Å². The van der Waals surface area contributed by atoms with E-state index in [1.165, 1.54) is 31.3 Å². The molecule has 0 saturated carbocycles. The van der Waals surface area contributed by atoms with Crippen LogP contribution in [-0.4, -0.2) is 46.0 Å². The molecule has 0 spiro atoms. The Morgan fingerprint density at radius 1 is 1.20 bits per heavy atom. The second kappa shape index (κ2) is 6.55. The van der Waals surface area contributed by atoms with Gasteiger partial charge in [0.2, 0.25) is 0 Å². The van der Waals surface area contributed by atoms with Crippen LogP contribution in [0.25, 0.3) is 0 Å². The Morgan fingerprint density at radius 2 is 1.75 bits per heavy atom. The first-order valence-corrected chi connectivity index (χ1v) is 5.90. The Labute approximate surface area is 115 Å². The van der Waals surface area contributed by atoms with Gasteiger partial charge in [-0.15, -0.1) is 0 Å². The number of rotatable bonds is 6. The molecule has 1 amide bonds. The minimum Gasteiger partial charge on any atom is -0.481 e. The van der Waals surface area contributed by atoms with Gasteiger partial charge in [-0.2, -0.15) is 0 Å². The minimum absolute atomic E-state index is 0.151. The van der Waals surface area contributed by atoms with Crippen molar-refractivity contribution in [1.82, 2.24) is 4.90 Å². The minimum atomic E-state index is -1.24. The van der Waals surface area contributed by atoms with Gasteiger partial charge in [-0.05, 0) is 30.7 Å². The molecule has 0 bridgehead atoms. The molecule has 0 aromatic heterocycles. The van der Waals surface area contributed by atoms with Crippen molar-refractivity contribution in [2.45, 2.75) is 18.9 Å². The Balaban J connectivity index is 2.85. The average Bonchev–Trinajstić information content (AvgIpc) is 2.38. The maximum Gasteiger partial charge on any atom is 0.326 e. The molecule has 1 atom stereocenters. The lowest BCUT2D eigenvalue weighted by Crippen LogP contribution is -2.42. The summed E-state index contributed by atoms with van der Waals surface area (Å²) in [5, 5.41) is 17.7. The molecule has 0 aliphatic rings. The fourth-order valence-electron chi connectivity index (χ4n) is 1.71. The number of benzene rings is 1. The molecular formula is C13H16N2O5. The van der Waals surface area contributed by atoms with Crippen molar-refractivity contribution in [2.24, 2.45) is 0 Å². The van der Waals surface area contributed by atoms with Gasteiger partial charge in [0.1, 0.15) is 6.04 Å². The van der Waals surface area contributed by atoms with Gasteiger partial charge < -0.3 is 20.8 Å². The van der Waals surface area contributed by atoms with Gasteiger partial charge in [0.25, 0.3) is 5.91 Å². The van der Waals surface area contributed by atoms with Crippen LogP contribution in [0.1, 0.15) is 23.2 Å². The highest BCUT2D eigenvalue weighted by atomic mass is 16.4. The molecule has 7 heteroatoms. The number of aliphatic carboxylic acids is 2. The first kappa shape index (κ1) is 15.5. The number of hydrogen-bond donors (Lipinski definition) is 3. The lowest BCUT2D eigenvalue weighted by Gasteiger charge is -2.24. The Bertz CT molecular complexity index is 512. The summed E-state index contributed by atoms with van der Waals surface area (Å²) in [7, 11) is 1.33. The molecule has 0 aliphatic carbocycles. The maximum atomic E-state index is 12.1. The molecule has 1 rings (SSSR count). The standard InChI is InChI=1S/C13H16N2O5/c1-15(10(13(19)20)6-7-11(16)17)12(18)8-2-4-9(14)5-3-8/h2-5,10H,6-7,14H2,1H3,(H,16,17)(H,19,20). The second-order valence-corrected chi connectivity index (χ2v) is 4.32. The first-order valence-electron chi connectivity index (χ1n) is 5.90. The molecule has 20 heavy (non-hydrogen) atoms. The Hall–Kier alpha value is -2.57. The average molecular weight is 280 g/mol. The van der Waals surface area contributed by atoms with E-state index in [1.807, 2.05) is 0 Å². The highest BCUT2D eigenvalue weighted by Crippen LogP contribution is 2.13. The van der Waals surface area contributed by atoms with Gasteiger partial charge in [0, 0.05) is 24.7 Å².